The SMILES string of the molecule is Cc1ccccc1Sc1ccc(C2CN(CCC(=O)O)CCO2)cc1. The lowest BCUT2D eigenvalue weighted by atomic mass is 10.1. The van der Waals surface area contributed by atoms with Crippen LogP contribution in [0.1, 0.15) is 23.7 Å². The lowest BCUT2D eigenvalue weighted by Crippen LogP contribution is -2.39. The molecule has 25 heavy (non-hydrogen) atoms. The Labute approximate surface area is 152 Å². The molecule has 1 N–H and O–H groups in total. The van der Waals surface area contributed by atoms with Crippen molar-refractivity contribution in [3.8, 4) is 0 Å². The van der Waals surface area contributed by atoms with Crippen LogP contribution in [0.15, 0.2) is 58.3 Å². The highest BCUT2D eigenvalue weighted by molar-refractivity contribution is 7.99. The highest BCUT2D eigenvalue weighted by Crippen LogP contribution is 2.31. The summed E-state index contributed by atoms with van der Waals surface area (Å²) in [5.41, 5.74) is 2.43. The van der Waals surface area contributed by atoms with Gasteiger partial charge in [-0.25, -0.2) is 0 Å². The number of carboxylic acids is 1. The molecule has 1 atom stereocenters. The van der Waals surface area contributed by atoms with Crippen LogP contribution in [0.5, 0.6) is 0 Å². The van der Waals surface area contributed by atoms with Crippen LogP contribution >= 0.6 is 11.8 Å². The third kappa shape index (κ3) is 5.08. The molecule has 0 amide bonds. The Bertz CT molecular complexity index is 717. The van der Waals surface area contributed by atoms with Crippen molar-refractivity contribution in [1.29, 1.82) is 0 Å². The summed E-state index contributed by atoms with van der Waals surface area (Å²) >= 11 is 1.76. The van der Waals surface area contributed by atoms with Crippen molar-refractivity contribution in [2.24, 2.45) is 0 Å². The number of benzene rings is 2. The van der Waals surface area contributed by atoms with Crippen molar-refractivity contribution >= 4 is 17.7 Å². The first kappa shape index (κ1) is 18.0. The summed E-state index contributed by atoms with van der Waals surface area (Å²) in [7, 11) is 0. The lowest BCUT2D eigenvalue weighted by molar-refractivity contribution is -0.137. The number of carboxylic acid groups (broad SMARTS) is 1. The molecule has 0 bridgehead atoms. The fraction of sp³-hybridized carbons (Fsp3) is 0.350. The number of morpholine rings is 1. The van der Waals surface area contributed by atoms with E-state index in [1.165, 1.54) is 15.4 Å². The van der Waals surface area contributed by atoms with Gasteiger partial charge in [0, 0.05) is 29.4 Å². The van der Waals surface area contributed by atoms with Gasteiger partial charge >= 0.3 is 5.97 Å². The van der Waals surface area contributed by atoms with Crippen molar-refractivity contribution in [3.05, 3.63) is 59.7 Å². The number of aliphatic carboxylic acids is 1. The molecule has 132 valence electrons. The average Bonchev–Trinajstić information content (AvgIpc) is 2.63. The maximum Gasteiger partial charge on any atom is 0.304 e. The van der Waals surface area contributed by atoms with Gasteiger partial charge in [0.1, 0.15) is 0 Å². The number of rotatable bonds is 6. The quantitative estimate of drug-likeness (QED) is 0.847. The van der Waals surface area contributed by atoms with E-state index in [0.717, 1.165) is 18.7 Å². The van der Waals surface area contributed by atoms with Crippen LogP contribution in [0, 0.1) is 6.92 Å². The van der Waals surface area contributed by atoms with Gasteiger partial charge in [-0.1, -0.05) is 42.1 Å². The summed E-state index contributed by atoms with van der Waals surface area (Å²) in [6, 6.07) is 16.9. The molecule has 1 aliphatic rings. The van der Waals surface area contributed by atoms with Crippen LogP contribution in [-0.2, 0) is 9.53 Å². The van der Waals surface area contributed by atoms with E-state index < -0.39 is 5.97 Å². The Morgan fingerprint density at radius 2 is 2.00 bits per heavy atom. The van der Waals surface area contributed by atoms with E-state index in [4.69, 9.17) is 9.84 Å². The topological polar surface area (TPSA) is 49.8 Å². The fourth-order valence-corrected chi connectivity index (χ4v) is 3.81. The molecule has 0 aliphatic carbocycles. The van der Waals surface area contributed by atoms with Gasteiger partial charge in [0.2, 0.25) is 0 Å². The summed E-state index contributed by atoms with van der Waals surface area (Å²) in [5.74, 6) is -0.749. The van der Waals surface area contributed by atoms with E-state index in [9.17, 15) is 4.79 Å². The molecule has 2 aromatic rings. The summed E-state index contributed by atoms with van der Waals surface area (Å²) in [6.07, 6.45) is 0.193. The second kappa shape index (κ2) is 8.52. The molecule has 1 saturated heterocycles. The number of nitrogens with zero attached hydrogens (tertiary/aromatic N) is 1. The number of hydrogen-bond acceptors (Lipinski definition) is 4. The summed E-state index contributed by atoms with van der Waals surface area (Å²) in [6.45, 7) is 4.89. The predicted octanol–water partition coefficient (Wildman–Crippen LogP) is 3.99. The van der Waals surface area contributed by atoms with Crippen LogP contribution in [0.3, 0.4) is 0 Å². The molecule has 0 saturated carbocycles. The second-order valence-corrected chi connectivity index (χ2v) is 7.36. The molecule has 1 heterocycles. The highest BCUT2D eigenvalue weighted by atomic mass is 32.2. The normalized spacial score (nSPS) is 18.2. The molecule has 0 radical (unpaired) electrons. The van der Waals surface area contributed by atoms with E-state index in [0.29, 0.717) is 13.2 Å². The maximum atomic E-state index is 10.7. The standard InChI is InChI=1S/C20H23NO3S/c1-15-4-2-3-5-19(15)25-17-8-6-16(7-9-17)18-14-21(12-13-24-18)11-10-20(22)23/h2-9,18H,10-14H2,1H3,(H,22,23). The first-order valence-electron chi connectivity index (χ1n) is 8.51. The Hall–Kier alpha value is -1.82. The fourth-order valence-electron chi connectivity index (χ4n) is 2.91. The number of carbonyl (C=O) groups is 1. The van der Waals surface area contributed by atoms with Crippen molar-refractivity contribution < 1.29 is 14.6 Å². The molecule has 3 rings (SSSR count). The summed E-state index contributed by atoms with van der Waals surface area (Å²) in [5, 5.41) is 8.84. The molecule has 1 aliphatic heterocycles. The van der Waals surface area contributed by atoms with Crippen LogP contribution in [-0.4, -0.2) is 42.2 Å². The third-order valence-corrected chi connectivity index (χ3v) is 5.55. The minimum absolute atomic E-state index is 0.0139. The monoisotopic (exact) mass is 357 g/mol. The van der Waals surface area contributed by atoms with Crippen LogP contribution in [0.4, 0.5) is 0 Å². The van der Waals surface area contributed by atoms with E-state index >= 15 is 0 Å². The molecule has 2 aromatic carbocycles. The Morgan fingerprint density at radius 1 is 1.24 bits per heavy atom. The minimum Gasteiger partial charge on any atom is -0.481 e. The Kier molecular flexibility index (Phi) is 6.13. The van der Waals surface area contributed by atoms with E-state index in [2.05, 4.69) is 60.4 Å². The van der Waals surface area contributed by atoms with Gasteiger partial charge in [0.25, 0.3) is 0 Å². The van der Waals surface area contributed by atoms with Crippen LogP contribution in [0.2, 0.25) is 0 Å². The molecule has 1 unspecified atom stereocenters. The largest absolute Gasteiger partial charge is 0.481 e. The summed E-state index contributed by atoms with van der Waals surface area (Å²) in [4.78, 5) is 15.4. The summed E-state index contributed by atoms with van der Waals surface area (Å²) < 4.78 is 5.88. The number of aryl methyl sites for hydroxylation is 1. The molecule has 1 fully saturated rings. The molecular formula is C20H23NO3S. The zero-order chi connectivity index (χ0) is 17.6. The average molecular weight is 357 g/mol. The van der Waals surface area contributed by atoms with Crippen molar-refractivity contribution in [2.75, 3.05) is 26.2 Å². The Morgan fingerprint density at radius 3 is 2.72 bits per heavy atom. The molecular weight excluding hydrogens is 334 g/mol. The predicted molar refractivity (Wildman–Crippen MR) is 99.1 cm³/mol. The van der Waals surface area contributed by atoms with Crippen molar-refractivity contribution in [1.82, 2.24) is 4.90 Å². The van der Waals surface area contributed by atoms with Crippen LogP contribution < -0.4 is 0 Å². The van der Waals surface area contributed by atoms with E-state index in [-0.39, 0.29) is 12.5 Å². The molecule has 4 nitrogen and oxygen atoms in total. The van der Waals surface area contributed by atoms with Gasteiger partial charge in [-0.2, -0.15) is 0 Å². The maximum absolute atomic E-state index is 10.7. The molecule has 0 aromatic heterocycles. The molecule has 5 heteroatoms. The third-order valence-electron chi connectivity index (χ3n) is 4.37. The van der Waals surface area contributed by atoms with Crippen LogP contribution in [0.25, 0.3) is 0 Å². The zero-order valence-electron chi connectivity index (χ0n) is 14.4. The first-order chi connectivity index (χ1) is 12.1. The number of hydrogen-bond donors (Lipinski definition) is 1. The minimum atomic E-state index is -0.749. The van der Waals surface area contributed by atoms with Crippen molar-refractivity contribution in [3.63, 3.8) is 0 Å². The van der Waals surface area contributed by atoms with Gasteiger partial charge in [0.15, 0.2) is 0 Å². The first-order valence-corrected chi connectivity index (χ1v) is 9.32. The van der Waals surface area contributed by atoms with Gasteiger partial charge < -0.3 is 9.84 Å². The zero-order valence-corrected chi connectivity index (χ0v) is 15.2. The highest BCUT2D eigenvalue weighted by Gasteiger charge is 2.22. The molecule has 0 spiro atoms. The second-order valence-electron chi connectivity index (χ2n) is 6.24. The Balaban J connectivity index is 1.61. The van der Waals surface area contributed by atoms with Crippen molar-refractivity contribution in [2.45, 2.75) is 29.2 Å². The smallest absolute Gasteiger partial charge is 0.304 e. The lowest BCUT2D eigenvalue weighted by Gasteiger charge is -2.32. The van der Waals surface area contributed by atoms with E-state index in [1.807, 2.05) is 0 Å². The van der Waals surface area contributed by atoms with Gasteiger partial charge in [0.05, 0.1) is 19.1 Å². The van der Waals surface area contributed by atoms with Gasteiger partial charge in [-0.05, 0) is 36.2 Å². The van der Waals surface area contributed by atoms with Gasteiger partial charge in [-0.3, -0.25) is 9.69 Å². The number of ether oxygens (including phenoxy) is 1. The van der Waals surface area contributed by atoms with E-state index in [1.54, 1.807) is 11.8 Å². The van der Waals surface area contributed by atoms with Gasteiger partial charge in [-0.15, -0.1) is 0 Å².